The normalized spacial score (nSPS) is 10.2. The second-order valence-corrected chi connectivity index (χ2v) is 1.29. The summed E-state index contributed by atoms with van der Waals surface area (Å²) in [5.74, 6) is -0.847. The average molecular weight is 143 g/mol. The van der Waals surface area contributed by atoms with E-state index in [4.69, 9.17) is 10.5 Å². The predicted octanol–water partition coefficient (Wildman–Crippen LogP) is -0.846. The molecule has 5 nitrogen and oxygen atoms in total. The highest BCUT2D eigenvalue weighted by molar-refractivity contribution is 6.42. The maximum atomic E-state index is 10.5. The Morgan fingerprint density at radius 1 is 1.90 bits per heavy atom. The van der Waals surface area contributed by atoms with Gasteiger partial charge in [-0.1, -0.05) is 0 Å². The lowest BCUT2D eigenvalue weighted by Gasteiger charge is -1.93. The molecule has 0 saturated heterocycles. The van der Waals surface area contributed by atoms with E-state index in [1.165, 1.54) is 6.07 Å². The number of carbonyl (C=O) groups is 1. The van der Waals surface area contributed by atoms with Crippen molar-refractivity contribution in [3.63, 3.8) is 0 Å². The van der Waals surface area contributed by atoms with Crippen LogP contribution in [0.4, 0.5) is 0 Å². The lowest BCUT2D eigenvalue weighted by Crippen LogP contribution is -2.15. The van der Waals surface area contributed by atoms with Crippen molar-refractivity contribution in [1.82, 2.24) is 0 Å². The summed E-state index contributed by atoms with van der Waals surface area (Å²) in [7, 11) is 0. The monoisotopic (exact) mass is 143 g/mol. The van der Waals surface area contributed by atoms with Crippen LogP contribution in [-0.2, 0) is 9.53 Å². The summed E-state index contributed by atoms with van der Waals surface area (Å²) >= 11 is 0. The molecule has 0 bridgehead atoms. The Labute approximate surface area is 57.5 Å². The second-order valence-electron chi connectivity index (χ2n) is 1.29. The lowest BCUT2D eigenvalue weighted by molar-refractivity contribution is -0.135. The van der Waals surface area contributed by atoms with Crippen LogP contribution in [0.3, 0.4) is 0 Å². The van der Waals surface area contributed by atoms with Crippen LogP contribution in [0.5, 0.6) is 0 Å². The van der Waals surface area contributed by atoms with Crippen LogP contribution >= 0.6 is 0 Å². The Morgan fingerprint density at radius 2 is 2.50 bits per heavy atom. The highest BCUT2D eigenvalue weighted by Gasteiger charge is 2.13. The summed E-state index contributed by atoms with van der Waals surface area (Å²) in [4.78, 5) is 10.5. The Morgan fingerprint density at radius 3 is 2.80 bits per heavy atom. The van der Waals surface area contributed by atoms with Crippen molar-refractivity contribution in [2.24, 2.45) is 5.16 Å². The molecule has 0 aromatic heterocycles. The van der Waals surface area contributed by atoms with Crippen molar-refractivity contribution in [1.29, 1.82) is 5.26 Å². The van der Waals surface area contributed by atoms with Gasteiger partial charge >= 0.3 is 11.7 Å². The van der Waals surface area contributed by atoms with Crippen molar-refractivity contribution in [3.8, 4) is 6.07 Å². The van der Waals surface area contributed by atoms with Crippen molar-refractivity contribution < 1.29 is 14.7 Å². The largest absolute Gasteiger partial charge is 0.468 e. The summed E-state index contributed by atoms with van der Waals surface area (Å²) < 4.78 is 4.37. The third-order valence-electron chi connectivity index (χ3n) is 0.686. The highest BCUT2D eigenvalue weighted by Crippen LogP contribution is 1.81. The van der Waals surface area contributed by atoms with Gasteiger partial charge in [-0.25, -0.2) is 4.79 Å². The molecular formula is C5H7N2O3+. The van der Waals surface area contributed by atoms with E-state index < -0.39 is 11.7 Å². The van der Waals surface area contributed by atoms with Crippen molar-refractivity contribution in [2.45, 2.75) is 6.92 Å². The quantitative estimate of drug-likeness (QED) is 0.218. The van der Waals surface area contributed by atoms with E-state index in [1.807, 2.05) is 0 Å². The molecule has 0 aliphatic heterocycles. The smallest absolute Gasteiger partial charge is 0.376 e. The topological polar surface area (TPSA) is 85.3 Å². The zero-order chi connectivity index (χ0) is 7.98. The average Bonchev–Trinajstić information content (AvgIpc) is 1.91. The number of carbonyl (C=O) groups excluding carboxylic acids is 1. The number of nitrogens with zero attached hydrogens (tertiary/aromatic N) is 2. The van der Waals surface area contributed by atoms with Crippen LogP contribution in [0.2, 0.25) is 0 Å². The number of hydrogen-bond donors (Lipinski definition) is 0. The van der Waals surface area contributed by atoms with Crippen molar-refractivity contribution >= 4 is 11.7 Å². The second kappa shape index (κ2) is 4.32. The first-order valence-corrected chi connectivity index (χ1v) is 2.57. The summed E-state index contributed by atoms with van der Waals surface area (Å²) in [5, 5.41) is 17.1. The molecule has 0 aliphatic carbocycles. The number of hydrogen-bond acceptors (Lipinski definition) is 4. The molecule has 0 radical (unpaired) electrons. The number of rotatable bonds is 2. The SMILES string of the molecule is CCOC(=O)/C(C#N)=N\[OH2+]. The van der Waals surface area contributed by atoms with Crippen LogP contribution in [0.25, 0.3) is 0 Å². The zero-order valence-corrected chi connectivity index (χ0v) is 5.42. The van der Waals surface area contributed by atoms with Crippen LogP contribution in [0, 0.1) is 11.3 Å². The minimum atomic E-state index is -0.847. The van der Waals surface area contributed by atoms with E-state index in [-0.39, 0.29) is 6.61 Å². The van der Waals surface area contributed by atoms with E-state index >= 15 is 0 Å². The molecule has 0 atom stereocenters. The molecular weight excluding hydrogens is 136 g/mol. The van der Waals surface area contributed by atoms with Gasteiger partial charge in [0.1, 0.15) is 6.07 Å². The van der Waals surface area contributed by atoms with Crippen LogP contribution < -0.4 is 0 Å². The molecule has 0 unspecified atom stereocenters. The summed E-state index contributed by atoms with van der Waals surface area (Å²) in [5.41, 5.74) is -0.526. The molecule has 0 aromatic carbocycles. The van der Waals surface area contributed by atoms with Gasteiger partial charge in [-0.05, 0) is 6.92 Å². The van der Waals surface area contributed by atoms with Crippen LogP contribution in [-0.4, -0.2) is 23.5 Å². The van der Waals surface area contributed by atoms with Gasteiger partial charge in [0.05, 0.1) is 11.8 Å². The van der Waals surface area contributed by atoms with Gasteiger partial charge in [0.25, 0.3) is 0 Å². The first kappa shape index (κ1) is 8.43. The fourth-order valence-electron chi connectivity index (χ4n) is 0.316. The first-order chi connectivity index (χ1) is 4.76. The zero-order valence-electron chi connectivity index (χ0n) is 5.42. The molecule has 0 fully saturated rings. The third kappa shape index (κ3) is 2.13. The standard InChI is InChI=1S/C5H6N2O3/c1-2-10-5(8)4(3-6)7-9/h9H,2H2,1H3/p+1/b7-4-. The van der Waals surface area contributed by atoms with E-state index in [0.717, 1.165) is 0 Å². The number of ether oxygens (including phenoxy) is 1. The molecule has 10 heavy (non-hydrogen) atoms. The van der Waals surface area contributed by atoms with E-state index in [9.17, 15) is 4.79 Å². The number of esters is 1. The molecule has 5 heteroatoms. The molecule has 0 aromatic rings. The lowest BCUT2D eigenvalue weighted by atomic mass is 10.4. The van der Waals surface area contributed by atoms with Crippen LogP contribution in [0.1, 0.15) is 6.92 Å². The summed E-state index contributed by atoms with van der Waals surface area (Å²) in [6.45, 7) is 1.79. The summed E-state index contributed by atoms with van der Waals surface area (Å²) in [6, 6.07) is 1.42. The first-order valence-electron chi connectivity index (χ1n) is 2.57. The maximum absolute atomic E-state index is 10.5. The van der Waals surface area contributed by atoms with Gasteiger partial charge in [0, 0.05) is 0 Å². The molecule has 0 aliphatic rings. The molecule has 0 spiro atoms. The minimum Gasteiger partial charge on any atom is -0.468 e. The fraction of sp³-hybridized carbons (Fsp3) is 0.400. The Balaban J connectivity index is 4.08. The molecule has 0 amide bonds. The van der Waals surface area contributed by atoms with Gasteiger partial charge in [-0.3, -0.25) is 0 Å². The molecule has 54 valence electrons. The highest BCUT2D eigenvalue weighted by atomic mass is 16.5. The van der Waals surface area contributed by atoms with E-state index in [1.54, 1.807) is 6.92 Å². The van der Waals surface area contributed by atoms with Gasteiger partial charge in [0.2, 0.25) is 0 Å². The Kier molecular flexibility index (Phi) is 3.64. The van der Waals surface area contributed by atoms with E-state index in [2.05, 4.69) is 9.89 Å². The Hall–Kier alpha value is -1.57. The molecule has 0 rings (SSSR count). The Bertz CT molecular complexity index is 192. The van der Waals surface area contributed by atoms with Gasteiger partial charge < -0.3 is 9.94 Å². The van der Waals surface area contributed by atoms with Gasteiger partial charge in [0.15, 0.2) is 0 Å². The van der Waals surface area contributed by atoms with Gasteiger partial charge in [-0.2, -0.15) is 5.26 Å². The van der Waals surface area contributed by atoms with Crippen LogP contribution in [0.15, 0.2) is 5.16 Å². The van der Waals surface area contributed by atoms with E-state index in [0.29, 0.717) is 0 Å². The van der Waals surface area contributed by atoms with Crippen molar-refractivity contribution in [2.75, 3.05) is 6.61 Å². The molecule has 2 N–H and O–H groups in total. The third-order valence-corrected chi connectivity index (χ3v) is 0.686. The minimum absolute atomic E-state index is 0.180. The fourth-order valence-corrected chi connectivity index (χ4v) is 0.316. The maximum Gasteiger partial charge on any atom is 0.376 e. The predicted molar refractivity (Wildman–Crippen MR) is 33.3 cm³/mol. The van der Waals surface area contributed by atoms with Gasteiger partial charge in [-0.15, -0.1) is 0 Å². The molecule has 0 saturated carbocycles. The molecule has 0 heterocycles. The summed E-state index contributed by atoms with van der Waals surface area (Å²) in [6.07, 6.45) is 0. The number of nitriles is 1. The van der Waals surface area contributed by atoms with Crippen molar-refractivity contribution in [3.05, 3.63) is 0 Å².